The molecule has 1 aliphatic heterocycles. The van der Waals surface area contributed by atoms with E-state index in [1.807, 2.05) is 18.2 Å². The molecule has 29 heavy (non-hydrogen) atoms. The second kappa shape index (κ2) is 7.50. The summed E-state index contributed by atoms with van der Waals surface area (Å²) in [6.45, 7) is 1.58. The third-order valence-corrected chi connectivity index (χ3v) is 6.37. The third kappa shape index (κ3) is 3.55. The van der Waals surface area contributed by atoms with Gasteiger partial charge in [-0.05, 0) is 68.6 Å². The van der Waals surface area contributed by atoms with Gasteiger partial charge in [-0.1, -0.05) is 17.7 Å². The predicted octanol–water partition coefficient (Wildman–Crippen LogP) is 4.84. The Morgan fingerprint density at radius 1 is 1.00 bits per heavy atom. The van der Waals surface area contributed by atoms with E-state index in [0.29, 0.717) is 11.8 Å². The third-order valence-electron chi connectivity index (χ3n) is 6.14. The molecule has 0 unspecified atom stereocenters. The number of fused-ring (bicyclic) bond motifs is 3. The molecule has 5 nitrogen and oxygen atoms in total. The molecule has 2 aliphatic rings. The highest BCUT2D eigenvalue weighted by molar-refractivity contribution is 6.30. The Kier molecular flexibility index (Phi) is 4.84. The lowest BCUT2D eigenvalue weighted by Crippen LogP contribution is -2.17. The first-order valence-electron chi connectivity index (χ1n) is 10.1. The summed E-state index contributed by atoms with van der Waals surface area (Å²) < 4.78 is 15.7. The number of nitrogens with zero attached hydrogens (tertiary/aromatic N) is 5. The van der Waals surface area contributed by atoms with Crippen LogP contribution in [0.15, 0.2) is 36.4 Å². The summed E-state index contributed by atoms with van der Waals surface area (Å²) in [5.74, 6) is 2.26. The standard InChI is InChI=1S/C22H23ClFN5/c1-28-12-16-11-17(23)9-10-19(16)29-21(13-28)26-27-22(29)15-7-5-14(6-8-15)18-3-2-4-20(24)25-18/h2-4,9-11,14-15H,5-8,12-13H2,1H3/t14-,15-. The van der Waals surface area contributed by atoms with Gasteiger partial charge in [-0.3, -0.25) is 9.47 Å². The van der Waals surface area contributed by atoms with Crippen molar-refractivity contribution in [1.82, 2.24) is 24.6 Å². The lowest BCUT2D eigenvalue weighted by molar-refractivity contribution is 0.315. The normalized spacial score (nSPS) is 22.0. The zero-order valence-corrected chi connectivity index (χ0v) is 17.1. The molecule has 5 rings (SSSR count). The molecule has 0 atom stereocenters. The molecule has 3 heterocycles. The van der Waals surface area contributed by atoms with E-state index in [4.69, 9.17) is 11.6 Å². The van der Waals surface area contributed by atoms with Crippen LogP contribution in [0.4, 0.5) is 4.39 Å². The molecule has 1 aromatic carbocycles. The molecule has 150 valence electrons. The second-order valence-electron chi connectivity index (χ2n) is 8.19. The van der Waals surface area contributed by atoms with Gasteiger partial charge in [0.1, 0.15) is 5.82 Å². The first kappa shape index (κ1) is 18.7. The fourth-order valence-electron chi connectivity index (χ4n) is 4.75. The molecule has 3 aromatic rings. The Labute approximate surface area is 174 Å². The number of rotatable bonds is 2. The van der Waals surface area contributed by atoms with Crippen LogP contribution in [0.25, 0.3) is 5.69 Å². The van der Waals surface area contributed by atoms with Crippen LogP contribution in [0.3, 0.4) is 0 Å². The molecule has 0 radical (unpaired) electrons. The summed E-state index contributed by atoms with van der Waals surface area (Å²) in [5.41, 5.74) is 3.19. The van der Waals surface area contributed by atoms with E-state index in [2.05, 4.69) is 37.8 Å². The van der Waals surface area contributed by atoms with Crippen molar-refractivity contribution in [1.29, 1.82) is 0 Å². The maximum absolute atomic E-state index is 13.5. The lowest BCUT2D eigenvalue weighted by atomic mass is 9.80. The van der Waals surface area contributed by atoms with Crippen molar-refractivity contribution in [3.05, 3.63) is 70.3 Å². The van der Waals surface area contributed by atoms with Crippen molar-refractivity contribution in [2.75, 3.05) is 7.05 Å². The molecular formula is C22H23ClFN5. The maximum Gasteiger partial charge on any atom is 0.213 e. The number of hydrogen-bond acceptors (Lipinski definition) is 4. The van der Waals surface area contributed by atoms with Gasteiger partial charge in [0, 0.05) is 29.1 Å². The minimum atomic E-state index is -0.396. The fraction of sp³-hybridized carbons (Fsp3) is 0.409. The maximum atomic E-state index is 13.5. The summed E-state index contributed by atoms with van der Waals surface area (Å²) in [6, 6.07) is 11.1. The van der Waals surface area contributed by atoms with Gasteiger partial charge in [-0.2, -0.15) is 4.39 Å². The average molecular weight is 412 g/mol. The summed E-state index contributed by atoms with van der Waals surface area (Å²) >= 11 is 6.26. The predicted molar refractivity (Wildman–Crippen MR) is 110 cm³/mol. The van der Waals surface area contributed by atoms with Gasteiger partial charge in [0.25, 0.3) is 0 Å². The van der Waals surface area contributed by atoms with Gasteiger partial charge in [0.05, 0.1) is 12.2 Å². The molecule has 1 aliphatic carbocycles. The van der Waals surface area contributed by atoms with Crippen LogP contribution in [0, 0.1) is 5.95 Å². The van der Waals surface area contributed by atoms with Crippen molar-refractivity contribution in [3.8, 4) is 5.69 Å². The van der Waals surface area contributed by atoms with Crippen LogP contribution in [-0.2, 0) is 13.1 Å². The molecule has 2 aromatic heterocycles. The van der Waals surface area contributed by atoms with E-state index in [1.165, 1.54) is 11.6 Å². The van der Waals surface area contributed by atoms with Crippen LogP contribution < -0.4 is 0 Å². The van der Waals surface area contributed by atoms with Crippen molar-refractivity contribution in [2.24, 2.45) is 0 Å². The topological polar surface area (TPSA) is 46.8 Å². The Morgan fingerprint density at radius 2 is 1.79 bits per heavy atom. The Balaban J connectivity index is 1.44. The van der Waals surface area contributed by atoms with Crippen LogP contribution in [0.5, 0.6) is 0 Å². The van der Waals surface area contributed by atoms with Gasteiger partial charge in [0.15, 0.2) is 5.82 Å². The summed E-state index contributed by atoms with van der Waals surface area (Å²) in [7, 11) is 2.09. The average Bonchev–Trinajstić information content (AvgIpc) is 3.05. The van der Waals surface area contributed by atoms with Gasteiger partial charge in [-0.15, -0.1) is 10.2 Å². The monoisotopic (exact) mass is 411 g/mol. The number of halogens is 2. The van der Waals surface area contributed by atoms with Crippen molar-refractivity contribution < 1.29 is 4.39 Å². The first-order chi connectivity index (χ1) is 14.1. The Bertz CT molecular complexity index is 1040. The van der Waals surface area contributed by atoms with Gasteiger partial charge >= 0.3 is 0 Å². The fourth-order valence-corrected chi connectivity index (χ4v) is 4.94. The molecular weight excluding hydrogens is 389 g/mol. The zero-order chi connectivity index (χ0) is 20.0. The van der Waals surface area contributed by atoms with E-state index in [0.717, 1.165) is 66.8 Å². The SMILES string of the molecule is CN1Cc2cc(Cl)ccc2-n2c(nnc2[C@H]2CC[C@H](c3cccc(F)n3)CC2)C1. The van der Waals surface area contributed by atoms with E-state index >= 15 is 0 Å². The van der Waals surface area contributed by atoms with E-state index < -0.39 is 5.95 Å². The summed E-state index contributed by atoms with van der Waals surface area (Å²) in [4.78, 5) is 6.33. The second-order valence-corrected chi connectivity index (χ2v) is 8.63. The minimum absolute atomic E-state index is 0.311. The molecule has 0 saturated heterocycles. The molecule has 1 saturated carbocycles. The smallest absolute Gasteiger partial charge is 0.213 e. The summed E-state index contributed by atoms with van der Waals surface area (Å²) in [5, 5.41) is 9.89. The number of pyridine rings is 1. The van der Waals surface area contributed by atoms with Crippen LogP contribution in [0.2, 0.25) is 5.02 Å². The molecule has 0 bridgehead atoms. The number of benzene rings is 1. The Hall–Kier alpha value is -2.31. The van der Waals surface area contributed by atoms with E-state index in [9.17, 15) is 4.39 Å². The van der Waals surface area contributed by atoms with Gasteiger partial charge in [0.2, 0.25) is 5.95 Å². The van der Waals surface area contributed by atoms with E-state index in [1.54, 1.807) is 6.07 Å². The zero-order valence-electron chi connectivity index (χ0n) is 16.4. The lowest BCUT2D eigenvalue weighted by Gasteiger charge is -2.28. The number of aromatic nitrogens is 4. The van der Waals surface area contributed by atoms with Crippen molar-refractivity contribution in [2.45, 2.75) is 50.6 Å². The van der Waals surface area contributed by atoms with Gasteiger partial charge in [-0.25, -0.2) is 4.98 Å². The van der Waals surface area contributed by atoms with Gasteiger partial charge < -0.3 is 0 Å². The largest absolute Gasteiger partial charge is 0.295 e. The molecule has 0 spiro atoms. The highest BCUT2D eigenvalue weighted by Crippen LogP contribution is 2.41. The highest BCUT2D eigenvalue weighted by Gasteiger charge is 2.31. The van der Waals surface area contributed by atoms with Crippen LogP contribution in [0.1, 0.15) is 60.4 Å². The van der Waals surface area contributed by atoms with Crippen molar-refractivity contribution in [3.63, 3.8) is 0 Å². The minimum Gasteiger partial charge on any atom is -0.295 e. The van der Waals surface area contributed by atoms with E-state index in [-0.39, 0.29) is 0 Å². The van der Waals surface area contributed by atoms with Crippen LogP contribution >= 0.6 is 11.6 Å². The van der Waals surface area contributed by atoms with Crippen molar-refractivity contribution >= 4 is 11.6 Å². The van der Waals surface area contributed by atoms with Crippen LogP contribution in [-0.4, -0.2) is 31.7 Å². The first-order valence-corrected chi connectivity index (χ1v) is 10.5. The molecule has 1 fully saturated rings. The Morgan fingerprint density at radius 3 is 2.59 bits per heavy atom. The molecule has 7 heteroatoms. The summed E-state index contributed by atoms with van der Waals surface area (Å²) in [6.07, 6.45) is 3.97. The quantitative estimate of drug-likeness (QED) is 0.566. The highest BCUT2D eigenvalue weighted by atomic mass is 35.5. The number of hydrogen-bond donors (Lipinski definition) is 0. The molecule has 0 amide bonds. The molecule has 0 N–H and O–H groups in total.